The minimum Gasteiger partial charge on any atom is -0.872 e. The zero-order valence-corrected chi connectivity index (χ0v) is 7.14. The second-order valence-corrected chi connectivity index (χ2v) is 2.54. The number of benzene rings is 1. The maximum Gasteiger partial charge on any atom is 0.376 e. The summed E-state index contributed by atoms with van der Waals surface area (Å²) in [6.45, 7) is 0. The van der Waals surface area contributed by atoms with Crippen molar-refractivity contribution in [2.24, 2.45) is 0 Å². The summed E-state index contributed by atoms with van der Waals surface area (Å²) in [5.41, 5.74) is 0.294. The average Bonchev–Trinajstić information content (AvgIpc) is 2.16. The maximum absolute atomic E-state index is 11.1. The lowest BCUT2D eigenvalue weighted by molar-refractivity contribution is -0.268. The molecule has 0 heterocycles. The van der Waals surface area contributed by atoms with Gasteiger partial charge in [0.25, 0.3) is 5.78 Å². The van der Waals surface area contributed by atoms with Crippen molar-refractivity contribution in [1.29, 1.82) is 0 Å². The molecule has 4 heteroatoms. The number of rotatable bonds is 3. The summed E-state index contributed by atoms with van der Waals surface area (Å²) < 4.78 is 0. The third-order valence-corrected chi connectivity index (χ3v) is 1.54. The summed E-state index contributed by atoms with van der Waals surface area (Å²) in [5, 5.41) is 19.3. The summed E-state index contributed by atoms with van der Waals surface area (Å²) >= 11 is 0. The highest BCUT2D eigenvalue weighted by molar-refractivity contribution is 6.38. The Morgan fingerprint density at radius 2 is 1.93 bits per heavy atom. The molecule has 1 N–H and O–H groups in total. The monoisotopic (exact) mass is 191 g/mol. The molecule has 0 aliphatic rings. The molecule has 14 heavy (non-hydrogen) atoms. The van der Waals surface area contributed by atoms with Gasteiger partial charge in [0.05, 0.1) is 0 Å². The van der Waals surface area contributed by atoms with Gasteiger partial charge in [-0.25, -0.2) is 4.79 Å². The predicted octanol–water partition coefficient (Wildman–Crippen LogP) is 0.427. The Labute approximate surface area is 80.1 Å². The summed E-state index contributed by atoms with van der Waals surface area (Å²) in [7, 11) is 0. The number of ketones is 1. The molecule has 1 aromatic rings. The van der Waals surface area contributed by atoms with E-state index < -0.39 is 11.8 Å². The molecule has 1 rings (SSSR count). The van der Waals surface area contributed by atoms with Crippen LogP contribution in [0, 0.1) is 0 Å². The van der Waals surface area contributed by atoms with Gasteiger partial charge >= 0.3 is 5.97 Å². The van der Waals surface area contributed by atoms with Gasteiger partial charge in [0.2, 0.25) is 0 Å². The van der Waals surface area contributed by atoms with Crippen molar-refractivity contribution in [3.63, 3.8) is 0 Å². The first kappa shape index (κ1) is 9.98. The van der Waals surface area contributed by atoms with E-state index >= 15 is 0 Å². The Hall–Kier alpha value is -2.10. The van der Waals surface area contributed by atoms with Crippen LogP contribution >= 0.6 is 0 Å². The topological polar surface area (TPSA) is 77.4 Å². The predicted molar refractivity (Wildman–Crippen MR) is 47.6 cm³/mol. The molecule has 0 radical (unpaired) electrons. The van der Waals surface area contributed by atoms with E-state index in [-0.39, 0.29) is 5.75 Å². The van der Waals surface area contributed by atoms with Crippen LogP contribution in [0.5, 0.6) is 5.75 Å². The van der Waals surface area contributed by atoms with Crippen molar-refractivity contribution < 1.29 is 19.8 Å². The van der Waals surface area contributed by atoms with Crippen molar-refractivity contribution in [2.75, 3.05) is 0 Å². The van der Waals surface area contributed by atoms with Gasteiger partial charge in [0, 0.05) is 0 Å². The number of hydrogen-bond acceptors (Lipinski definition) is 3. The minimum absolute atomic E-state index is 0.248. The first-order valence-electron chi connectivity index (χ1n) is 3.82. The molecular weight excluding hydrogens is 184 g/mol. The second-order valence-electron chi connectivity index (χ2n) is 2.54. The van der Waals surface area contributed by atoms with Crippen molar-refractivity contribution in [3.05, 3.63) is 35.9 Å². The fraction of sp³-hybridized carbons (Fsp3) is 0. The molecule has 0 amide bonds. The third kappa shape index (κ3) is 2.45. The fourth-order valence-electron chi connectivity index (χ4n) is 0.855. The van der Waals surface area contributed by atoms with Gasteiger partial charge in [-0.2, -0.15) is 0 Å². The van der Waals surface area contributed by atoms with Gasteiger partial charge in [-0.3, -0.25) is 4.79 Å². The molecule has 0 saturated heterocycles. The Bertz CT molecular complexity index is 393. The third-order valence-electron chi connectivity index (χ3n) is 1.54. The lowest BCUT2D eigenvalue weighted by Gasteiger charge is -2.07. The minimum atomic E-state index is -1.54. The van der Waals surface area contributed by atoms with Crippen molar-refractivity contribution in [2.45, 2.75) is 0 Å². The van der Waals surface area contributed by atoms with Crippen LogP contribution in [0.3, 0.4) is 0 Å². The van der Waals surface area contributed by atoms with Crippen LogP contribution in [0.25, 0.3) is 6.08 Å². The van der Waals surface area contributed by atoms with E-state index in [1.54, 1.807) is 12.1 Å². The van der Waals surface area contributed by atoms with Gasteiger partial charge in [-0.1, -0.05) is 30.3 Å². The van der Waals surface area contributed by atoms with E-state index in [0.717, 1.165) is 6.08 Å². The van der Waals surface area contributed by atoms with E-state index in [1.807, 2.05) is 0 Å². The Morgan fingerprint density at radius 1 is 1.29 bits per heavy atom. The van der Waals surface area contributed by atoms with Gasteiger partial charge in [0.15, 0.2) is 0 Å². The lowest BCUT2D eigenvalue weighted by atomic mass is 10.2. The number of carboxylic acid groups (broad SMARTS) is 1. The molecular formula is C10H7O4-. The van der Waals surface area contributed by atoms with Crippen LogP contribution < -0.4 is 5.11 Å². The van der Waals surface area contributed by atoms with Gasteiger partial charge in [-0.05, 0) is 11.6 Å². The van der Waals surface area contributed by atoms with Crippen LogP contribution in [0.4, 0.5) is 0 Å². The Balaban J connectivity index is 2.84. The highest BCUT2D eigenvalue weighted by Gasteiger charge is 2.05. The zero-order valence-electron chi connectivity index (χ0n) is 7.14. The van der Waals surface area contributed by atoms with Crippen molar-refractivity contribution in [1.82, 2.24) is 0 Å². The highest BCUT2D eigenvalue weighted by Crippen LogP contribution is 2.13. The standard InChI is InChI=1S/C10H8O4/c11-8-4-2-1-3-7(8)5-6-9(12)10(13)14/h1-6,11H,(H,13,14)/p-1/b6-5-. The lowest BCUT2D eigenvalue weighted by Crippen LogP contribution is -2.08. The number of carboxylic acids is 1. The molecule has 1 aromatic carbocycles. The van der Waals surface area contributed by atoms with E-state index in [9.17, 15) is 14.7 Å². The van der Waals surface area contributed by atoms with Crippen molar-refractivity contribution >= 4 is 17.8 Å². The van der Waals surface area contributed by atoms with E-state index in [0.29, 0.717) is 5.56 Å². The molecule has 0 unspecified atom stereocenters. The van der Waals surface area contributed by atoms with Crippen LogP contribution in [0.15, 0.2) is 30.3 Å². The molecule has 0 atom stereocenters. The van der Waals surface area contributed by atoms with Crippen molar-refractivity contribution in [3.8, 4) is 5.75 Å². The van der Waals surface area contributed by atoms with Crippen LogP contribution in [0.2, 0.25) is 0 Å². The molecule has 0 bridgehead atoms. The summed E-state index contributed by atoms with van der Waals surface area (Å²) in [6.07, 6.45) is 2.05. The zero-order chi connectivity index (χ0) is 10.6. The van der Waals surface area contributed by atoms with Gasteiger partial charge in [0.1, 0.15) is 0 Å². The number of carbonyl (C=O) groups is 2. The summed E-state index contributed by atoms with van der Waals surface area (Å²) in [5.74, 6) is -2.83. The largest absolute Gasteiger partial charge is 0.872 e. The molecule has 72 valence electrons. The van der Waals surface area contributed by atoms with E-state index in [2.05, 4.69) is 0 Å². The molecule has 0 aliphatic carbocycles. The van der Waals surface area contributed by atoms with Crippen LogP contribution in [-0.4, -0.2) is 16.9 Å². The van der Waals surface area contributed by atoms with Gasteiger partial charge < -0.3 is 10.2 Å². The second kappa shape index (κ2) is 4.23. The molecule has 0 fully saturated rings. The molecule has 0 spiro atoms. The smallest absolute Gasteiger partial charge is 0.376 e. The normalized spacial score (nSPS) is 10.3. The summed E-state index contributed by atoms with van der Waals surface area (Å²) in [6, 6.07) is 6.05. The van der Waals surface area contributed by atoms with Crippen LogP contribution in [0.1, 0.15) is 5.56 Å². The first-order valence-corrected chi connectivity index (χ1v) is 3.82. The molecule has 0 aliphatic heterocycles. The summed E-state index contributed by atoms with van der Waals surface area (Å²) in [4.78, 5) is 20.8. The molecule has 0 saturated carbocycles. The first-order chi connectivity index (χ1) is 6.61. The van der Waals surface area contributed by atoms with E-state index in [1.165, 1.54) is 18.2 Å². The number of para-hydroxylation sites is 1. The Morgan fingerprint density at radius 3 is 2.50 bits per heavy atom. The number of aliphatic carboxylic acids is 1. The molecule has 0 aromatic heterocycles. The number of hydrogen-bond donors (Lipinski definition) is 1. The fourth-order valence-corrected chi connectivity index (χ4v) is 0.855. The average molecular weight is 191 g/mol. The Kier molecular flexibility index (Phi) is 3.01. The van der Waals surface area contributed by atoms with Gasteiger partial charge in [-0.15, -0.1) is 5.75 Å². The van der Waals surface area contributed by atoms with Crippen LogP contribution in [-0.2, 0) is 9.59 Å². The maximum atomic E-state index is 11.1. The number of carbonyl (C=O) groups excluding carboxylic acids is 1. The molecule has 4 nitrogen and oxygen atoms in total. The highest BCUT2D eigenvalue weighted by atomic mass is 16.4. The van der Waals surface area contributed by atoms with E-state index in [4.69, 9.17) is 5.11 Å². The quantitative estimate of drug-likeness (QED) is 0.555. The SMILES string of the molecule is O=C(O)C(=O)/C=C\c1ccccc1[O-].